The van der Waals surface area contributed by atoms with Crippen LogP contribution in [0.15, 0.2) is 30.7 Å². The molecule has 3 aromatic heterocycles. The second-order valence-electron chi connectivity index (χ2n) is 9.55. The molecule has 1 N–H and O–H groups in total. The summed E-state index contributed by atoms with van der Waals surface area (Å²) in [6, 6.07) is 3.96. The molecule has 1 atom stereocenters. The van der Waals surface area contributed by atoms with E-state index >= 15 is 0 Å². The van der Waals surface area contributed by atoms with Gasteiger partial charge >= 0.3 is 0 Å². The van der Waals surface area contributed by atoms with Gasteiger partial charge in [0, 0.05) is 37.0 Å². The standard InChI is InChI=1S/C24H31N7O/c1-15-21-22(30(6)16(2)23(32)29-21)28-20(27-15)10-8-18-12-26-31(14-18)13-17-7-9-19(25-11-17)24(3,4)5/h7,9,11-12,14,16H,8,10,13H2,1-6H3,(H,29,32)/t16-/m0/s1. The molecule has 3 aromatic rings. The van der Waals surface area contributed by atoms with E-state index in [2.05, 4.69) is 59.5 Å². The van der Waals surface area contributed by atoms with Gasteiger partial charge in [-0.15, -0.1) is 0 Å². The maximum absolute atomic E-state index is 12.1. The normalized spacial score (nSPS) is 16.1. The molecular formula is C24H31N7O. The van der Waals surface area contributed by atoms with Gasteiger partial charge in [-0.2, -0.15) is 5.10 Å². The van der Waals surface area contributed by atoms with Crippen LogP contribution in [0.2, 0.25) is 0 Å². The number of aryl methyl sites for hydroxylation is 3. The fraction of sp³-hybridized carbons (Fsp3) is 0.458. The number of carbonyl (C=O) groups excluding carboxylic acids is 1. The highest BCUT2D eigenvalue weighted by molar-refractivity contribution is 6.02. The van der Waals surface area contributed by atoms with Crippen LogP contribution in [0.25, 0.3) is 0 Å². The minimum Gasteiger partial charge on any atom is -0.346 e. The molecule has 0 radical (unpaired) electrons. The molecule has 8 nitrogen and oxygen atoms in total. The fourth-order valence-electron chi connectivity index (χ4n) is 3.74. The van der Waals surface area contributed by atoms with Crippen molar-refractivity contribution in [1.82, 2.24) is 24.7 Å². The largest absolute Gasteiger partial charge is 0.346 e. The molecule has 4 heterocycles. The lowest BCUT2D eigenvalue weighted by Gasteiger charge is -2.32. The Kier molecular flexibility index (Phi) is 5.71. The highest BCUT2D eigenvalue weighted by Gasteiger charge is 2.30. The molecule has 0 aromatic carbocycles. The van der Waals surface area contributed by atoms with Crippen LogP contribution in [-0.4, -0.2) is 43.7 Å². The molecular weight excluding hydrogens is 402 g/mol. The minimum atomic E-state index is -0.255. The number of aromatic nitrogens is 5. The van der Waals surface area contributed by atoms with Crippen molar-refractivity contribution in [2.45, 2.75) is 65.5 Å². The number of fused-ring (bicyclic) bond motifs is 1. The molecule has 168 valence electrons. The Hall–Kier alpha value is -3.29. The number of rotatable bonds is 5. The minimum absolute atomic E-state index is 0.0323. The van der Waals surface area contributed by atoms with Crippen LogP contribution in [0.4, 0.5) is 11.5 Å². The van der Waals surface area contributed by atoms with Gasteiger partial charge in [0.05, 0.1) is 18.4 Å². The van der Waals surface area contributed by atoms with E-state index in [1.54, 1.807) is 0 Å². The highest BCUT2D eigenvalue weighted by atomic mass is 16.2. The summed E-state index contributed by atoms with van der Waals surface area (Å²) in [5.41, 5.74) is 4.89. The van der Waals surface area contributed by atoms with E-state index in [9.17, 15) is 4.79 Å². The number of nitrogens with zero attached hydrogens (tertiary/aromatic N) is 6. The average molecular weight is 434 g/mol. The van der Waals surface area contributed by atoms with Crippen molar-refractivity contribution in [3.8, 4) is 0 Å². The number of carbonyl (C=O) groups is 1. The fourth-order valence-corrected chi connectivity index (χ4v) is 3.74. The summed E-state index contributed by atoms with van der Waals surface area (Å²) in [6.45, 7) is 11.0. The third kappa shape index (κ3) is 4.49. The Labute approximate surface area is 189 Å². The van der Waals surface area contributed by atoms with Crippen LogP contribution < -0.4 is 10.2 Å². The van der Waals surface area contributed by atoms with Crippen molar-refractivity contribution >= 4 is 17.4 Å². The lowest BCUT2D eigenvalue weighted by atomic mass is 9.91. The van der Waals surface area contributed by atoms with Crippen molar-refractivity contribution in [1.29, 1.82) is 0 Å². The maximum Gasteiger partial charge on any atom is 0.246 e. The van der Waals surface area contributed by atoms with Crippen molar-refractivity contribution < 1.29 is 4.79 Å². The SMILES string of the molecule is Cc1nc(CCc2cnn(Cc3ccc(C(C)(C)C)nc3)c2)nc2c1NC(=O)[C@H](C)N2C. The van der Waals surface area contributed by atoms with Gasteiger partial charge in [0.2, 0.25) is 5.91 Å². The molecule has 8 heteroatoms. The first-order chi connectivity index (χ1) is 15.1. The molecule has 0 spiro atoms. The Balaban J connectivity index is 1.42. The van der Waals surface area contributed by atoms with E-state index < -0.39 is 0 Å². The zero-order valence-corrected chi connectivity index (χ0v) is 19.7. The van der Waals surface area contributed by atoms with Gasteiger partial charge in [0.15, 0.2) is 5.82 Å². The van der Waals surface area contributed by atoms with Crippen LogP contribution in [0.3, 0.4) is 0 Å². The molecule has 0 saturated carbocycles. The van der Waals surface area contributed by atoms with Gasteiger partial charge in [-0.3, -0.25) is 14.5 Å². The van der Waals surface area contributed by atoms with Gasteiger partial charge in [0.25, 0.3) is 0 Å². The molecule has 1 amide bonds. The number of hydrogen-bond acceptors (Lipinski definition) is 6. The number of anilines is 2. The maximum atomic E-state index is 12.1. The Bertz CT molecular complexity index is 1130. The number of pyridine rings is 1. The summed E-state index contributed by atoms with van der Waals surface area (Å²) >= 11 is 0. The topological polar surface area (TPSA) is 88.8 Å². The van der Waals surface area contributed by atoms with E-state index in [0.29, 0.717) is 18.7 Å². The molecule has 4 rings (SSSR count). The van der Waals surface area contributed by atoms with Gasteiger partial charge in [0.1, 0.15) is 17.6 Å². The van der Waals surface area contributed by atoms with Gasteiger partial charge in [-0.1, -0.05) is 26.8 Å². The zero-order chi connectivity index (χ0) is 23.0. The Morgan fingerprint density at radius 1 is 1.09 bits per heavy atom. The van der Waals surface area contributed by atoms with E-state index in [1.165, 1.54) is 0 Å². The molecule has 0 aliphatic carbocycles. The third-order valence-corrected chi connectivity index (χ3v) is 5.92. The third-order valence-electron chi connectivity index (χ3n) is 5.92. The summed E-state index contributed by atoms with van der Waals surface area (Å²) in [4.78, 5) is 27.9. The molecule has 0 saturated heterocycles. The molecule has 0 bridgehead atoms. The predicted molar refractivity (Wildman–Crippen MR) is 125 cm³/mol. The molecule has 0 fully saturated rings. The lowest BCUT2D eigenvalue weighted by molar-refractivity contribution is -0.117. The van der Waals surface area contributed by atoms with Crippen LogP contribution >= 0.6 is 0 Å². The molecule has 1 aliphatic heterocycles. The van der Waals surface area contributed by atoms with Gasteiger partial charge in [-0.25, -0.2) is 9.97 Å². The first kappa shape index (κ1) is 21.9. The van der Waals surface area contributed by atoms with Crippen molar-refractivity contribution in [2.24, 2.45) is 0 Å². The number of amides is 1. The van der Waals surface area contributed by atoms with Crippen LogP contribution in [-0.2, 0) is 29.6 Å². The number of hydrogen-bond donors (Lipinski definition) is 1. The molecule has 0 unspecified atom stereocenters. The van der Waals surface area contributed by atoms with Crippen LogP contribution in [0.5, 0.6) is 0 Å². The van der Waals surface area contributed by atoms with E-state index in [4.69, 9.17) is 4.98 Å². The smallest absolute Gasteiger partial charge is 0.246 e. The highest BCUT2D eigenvalue weighted by Crippen LogP contribution is 2.31. The summed E-state index contributed by atoms with van der Waals surface area (Å²) in [5, 5.41) is 7.43. The average Bonchev–Trinajstić information content (AvgIpc) is 3.18. The van der Waals surface area contributed by atoms with Gasteiger partial charge < -0.3 is 10.2 Å². The Morgan fingerprint density at radius 2 is 1.88 bits per heavy atom. The van der Waals surface area contributed by atoms with E-state index in [0.717, 1.165) is 40.6 Å². The summed E-state index contributed by atoms with van der Waals surface area (Å²) in [6.07, 6.45) is 7.40. The van der Waals surface area contributed by atoms with E-state index in [-0.39, 0.29) is 17.4 Å². The summed E-state index contributed by atoms with van der Waals surface area (Å²) < 4.78 is 1.94. The van der Waals surface area contributed by atoms with Crippen molar-refractivity contribution in [3.05, 3.63) is 59.1 Å². The summed E-state index contributed by atoms with van der Waals surface area (Å²) in [5.74, 6) is 1.52. The quantitative estimate of drug-likeness (QED) is 0.664. The molecule has 1 aliphatic rings. The lowest BCUT2D eigenvalue weighted by Crippen LogP contribution is -2.45. The van der Waals surface area contributed by atoms with Crippen molar-refractivity contribution in [2.75, 3.05) is 17.3 Å². The van der Waals surface area contributed by atoms with Crippen LogP contribution in [0, 0.1) is 6.92 Å². The zero-order valence-electron chi connectivity index (χ0n) is 19.7. The first-order valence-corrected chi connectivity index (χ1v) is 11.0. The summed E-state index contributed by atoms with van der Waals surface area (Å²) in [7, 11) is 1.89. The Morgan fingerprint density at radius 3 is 2.56 bits per heavy atom. The number of nitrogens with one attached hydrogen (secondary N) is 1. The first-order valence-electron chi connectivity index (χ1n) is 11.0. The van der Waals surface area contributed by atoms with Crippen molar-refractivity contribution in [3.63, 3.8) is 0 Å². The predicted octanol–water partition coefficient (Wildman–Crippen LogP) is 3.28. The van der Waals surface area contributed by atoms with Gasteiger partial charge in [-0.05, 0) is 37.5 Å². The van der Waals surface area contributed by atoms with E-state index in [1.807, 2.05) is 42.9 Å². The second-order valence-corrected chi connectivity index (χ2v) is 9.55. The monoisotopic (exact) mass is 433 g/mol. The number of likely N-dealkylation sites (N-methyl/N-ethyl adjacent to an activating group) is 1. The molecule has 32 heavy (non-hydrogen) atoms. The second kappa shape index (κ2) is 8.33. The van der Waals surface area contributed by atoms with Crippen LogP contribution in [0.1, 0.15) is 56.0 Å².